The molecule has 0 atom stereocenters. The summed E-state index contributed by atoms with van der Waals surface area (Å²) < 4.78 is 5.63. The number of halogens is 1. The third-order valence-corrected chi connectivity index (χ3v) is 4.24. The molecular formula is C13H10ClN3O2S. The van der Waals surface area contributed by atoms with Crippen LogP contribution in [-0.4, -0.2) is 11.1 Å². The molecule has 0 fully saturated rings. The van der Waals surface area contributed by atoms with E-state index in [1.165, 1.54) is 17.6 Å². The van der Waals surface area contributed by atoms with Crippen molar-refractivity contribution in [2.45, 2.75) is 6.54 Å². The molecule has 0 spiro atoms. The molecule has 5 nitrogen and oxygen atoms in total. The van der Waals surface area contributed by atoms with E-state index in [-0.39, 0.29) is 5.91 Å². The Balaban J connectivity index is 1.86. The van der Waals surface area contributed by atoms with Crippen molar-refractivity contribution in [1.29, 1.82) is 0 Å². The maximum absolute atomic E-state index is 12.1. The normalized spacial score (nSPS) is 10.8. The van der Waals surface area contributed by atoms with Gasteiger partial charge in [-0.3, -0.25) is 4.79 Å². The van der Waals surface area contributed by atoms with Crippen LogP contribution in [0, 0.1) is 0 Å². The van der Waals surface area contributed by atoms with Gasteiger partial charge in [-0.1, -0.05) is 16.8 Å². The first-order valence-corrected chi connectivity index (χ1v) is 6.99. The SMILES string of the molecule is Nc1c(C(=O)NCc2ccon2)sc2ccc(Cl)cc12. The van der Waals surface area contributed by atoms with Crippen LogP contribution in [0.5, 0.6) is 0 Å². The lowest BCUT2D eigenvalue weighted by molar-refractivity contribution is 0.0955. The summed E-state index contributed by atoms with van der Waals surface area (Å²) in [5, 5.41) is 7.87. The van der Waals surface area contributed by atoms with Gasteiger partial charge < -0.3 is 15.6 Å². The topological polar surface area (TPSA) is 81.2 Å². The van der Waals surface area contributed by atoms with Crippen molar-refractivity contribution < 1.29 is 9.32 Å². The van der Waals surface area contributed by atoms with Crippen LogP contribution >= 0.6 is 22.9 Å². The van der Waals surface area contributed by atoms with Gasteiger partial charge in [-0.25, -0.2) is 0 Å². The molecule has 3 rings (SSSR count). The van der Waals surface area contributed by atoms with Crippen molar-refractivity contribution in [3.05, 3.63) is 46.1 Å². The fourth-order valence-electron chi connectivity index (χ4n) is 1.84. The fraction of sp³-hybridized carbons (Fsp3) is 0.0769. The molecule has 20 heavy (non-hydrogen) atoms. The number of nitrogens with zero attached hydrogens (tertiary/aromatic N) is 1. The number of aromatic nitrogens is 1. The standard InChI is InChI=1S/C13H10ClN3O2S/c14-7-1-2-10-9(5-7)11(15)12(20-10)13(18)16-6-8-3-4-19-17-8/h1-5H,6,15H2,(H,16,18). The number of nitrogen functional groups attached to an aromatic ring is 1. The number of amides is 1. The van der Waals surface area contributed by atoms with E-state index in [0.29, 0.717) is 27.8 Å². The summed E-state index contributed by atoms with van der Waals surface area (Å²) >= 11 is 7.28. The Morgan fingerprint density at radius 1 is 1.45 bits per heavy atom. The largest absolute Gasteiger partial charge is 0.397 e. The number of anilines is 1. The van der Waals surface area contributed by atoms with Gasteiger partial charge >= 0.3 is 0 Å². The lowest BCUT2D eigenvalue weighted by Gasteiger charge is -2.01. The molecule has 0 bridgehead atoms. The number of hydrogen-bond acceptors (Lipinski definition) is 5. The van der Waals surface area contributed by atoms with E-state index in [1.807, 2.05) is 6.07 Å². The van der Waals surface area contributed by atoms with Crippen LogP contribution in [0.25, 0.3) is 10.1 Å². The van der Waals surface area contributed by atoms with Crippen molar-refractivity contribution in [3.63, 3.8) is 0 Å². The van der Waals surface area contributed by atoms with Gasteiger partial charge in [-0.15, -0.1) is 11.3 Å². The van der Waals surface area contributed by atoms with E-state index in [0.717, 1.165) is 10.1 Å². The zero-order valence-corrected chi connectivity index (χ0v) is 11.8. The molecule has 0 aliphatic carbocycles. The highest BCUT2D eigenvalue weighted by molar-refractivity contribution is 7.21. The summed E-state index contributed by atoms with van der Waals surface area (Å²) in [7, 11) is 0. The Morgan fingerprint density at radius 2 is 2.30 bits per heavy atom. The Morgan fingerprint density at radius 3 is 3.05 bits per heavy atom. The number of nitrogens with one attached hydrogen (secondary N) is 1. The van der Waals surface area contributed by atoms with E-state index >= 15 is 0 Å². The van der Waals surface area contributed by atoms with Crippen LogP contribution < -0.4 is 11.1 Å². The van der Waals surface area contributed by atoms with Crippen molar-refractivity contribution in [1.82, 2.24) is 10.5 Å². The smallest absolute Gasteiger partial charge is 0.263 e. The maximum atomic E-state index is 12.1. The minimum Gasteiger partial charge on any atom is -0.397 e. The van der Waals surface area contributed by atoms with E-state index in [4.69, 9.17) is 21.9 Å². The van der Waals surface area contributed by atoms with Gasteiger partial charge in [0.05, 0.1) is 12.2 Å². The minimum absolute atomic E-state index is 0.233. The third kappa shape index (κ3) is 2.35. The van der Waals surface area contributed by atoms with Gasteiger partial charge in [-0.2, -0.15) is 0 Å². The number of thiophene rings is 1. The van der Waals surface area contributed by atoms with E-state index in [9.17, 15) is 4.79 Å². The summed E-state index contributed by atoms with van der Waals surface area (Å²) in [5.74, 6) is -0.233. The van der Waals surface area contributed by atoms with E-state index < -0.39 is 0 Å². The van der Waals surface area contributed by atoms with E-state index in [1.54, 1.807) is 18.2 Å². The number of nitrogens with two attached hydrogens (primary N) is 1. The number of carbonyl (C=O) groups excluding carboxylic acids is 1. The molecule has 0 saturated heterocycles. The first-order valence-electron chi connectivity index (χ1n) is 5.80. The average Bonchev–Trinajstić information content (AvgIpc) is 3.05. The predicted octanol–water partition coefficient (Wildman–Crippen LogP) is 3.05. The van der Waals surface area contributed by atoms with Crippen molar-refractivity contribution in [3.8, 4) is 0 Å². The van der Waals surface area contributed by atoms with Gasteiger partial charge in [0, 0.05) is 21.2 Å². The summed E-state index contributed by atoms with van der Waals surface area (Å²) in [6.07, 6.45) is 1.46. The molecule has 2 heterocycles. The first kappa shape index (κ1) is 13.0. The molecule has 7 heteroatoms. The highest BCUT2D eigenvalue weighted by atomic mass is 35.5. The summed E-state index contributed by atoms with van der Waals surface area (Å²) in [6.45, 7) is 0.295. The lowest BCUT2D eigenvalue weighted by atomic mass is 10.2. The molecule has 0 aliphatic heterocycles. The summed E-state index contributed by atoms with van der Waals surface area (Å²) in [4.78, 5) is 12.6. The van der Waals surface area contributed by atoms with Gasteiger partial charge in [0.25, 0.3) is 5.91 Å². The maximum Gasteiger partial charge on any atom is 0.263 e. The molecule has 0 radical (unpaired) electrons. The molecule has 102 valence electrons. The number of hydrogen-bond donors (Lipinski definition) is 2. The lowest BCUT2D eigenvalue weighted by Crippen LogP contribution is -2.22. The van der Waals surface area contributed by atoms with Crippen molar-refractivity contribution >= 4 is 44.6 Å². The second-order valence-electron chi connectivity index (χ2n) is 4.16. The molecule has 2 aromatic heterocycles. The van der Waals surface area contributed by atoms with Gasteiger partial charge in [0.2, 0.25) is 0 Å². The average molecular weight is 308 g/mol. The third-order valence-electron chi connectivity index (χ3n) is 2.82. The zero-order chi connectivity index (χ0) is 14.1. The molecule has 1 aromatic carbocycles. The minimum atomic E-state index is -0.233. The molecule has 3 aromatic rings. The van der Waals surface area contributed by atoms with Crippen LogP contribution in [-0.2, 0) is 6.54 Å². The van der Waals surface area contributed by atoms with Gasteiger partial charge in [0.1, 0.15) is 16.8 Å². The van der Waals surface area contributed by atoms with Crippen LogP contribution in [0.15, 0.2) is 35.1 Å². The van der Waals surface area contributed by atoms with Crippen molar-refractivity contribution in [2.75, 3.05) is 5.73 Å². The number of carbonyl (C=O) groups is 1. The molecule has 0 unspecified atom stereocenters. The van der Waals surface area contributed by atoms with Crippen LogP contribution in [0.3, 0.4) is 0 Å². The second kappa shape index (κ2) is 5.15. The molecule has 0 saturated carbocycles. The quantitative estimate of drug-likeness (QED) is 0.779. The molecule has 1 amide bonds. The van der Waals surface area contributed by atoms with E-state index in [2.05, 4.69) is 10.5 Å². The van der Waals surface area contributed by atoms with Crippen LogP contribution in [0.1, 0.15) is 15.4 Å². The monoisotopic (exact) mass is 307 g/mol. The van der Waals surface area contributed by atoms with Gasteiger partial charge in [0.15, 0.2) is 0 Å². The number of benzene rings is 1. The number of rotatable bonds is 3. The highest BCUT2D eigenvalue weighted by Crippen LogP contribution is 2.35. The Bertz CT molecular complexity index is 767. The Labute approximate surface area is 123 Å². The van der Waals surface area contributed by atoms with Crippen LogP contribution in [0.4, 0.5) is 5.69 Å². The number of fused-ring (bicyclic) bond motifs is 1. The summed E-state index contributed by atoms with van der Waals surface area (Å²) in [5.41, 5.74) is 7.12. The zero-order valence-electron chi connectivity index (χ0n) is 10.2. The van der Waals surface area contributed by atoms with Gasteiger partial charge in [-0.05, 0) is 18.2 Å². The van der Waals surface area contributed by atoms with Crippen molar-refractivity contribution in [2.24, 2.45) is 0 Å². The summed E-state index contributed by atoms with van der Waals surface area (Å²) in [6, 6.07) is 7.08. The highest BCUT2D eigenvalue weighted by Gasteiger charge is 2.16. The predicted molar refractivity (Wildman–Crippen MR) is 78.9 cm³/mol. The first-order chi connectivity index (χ1) is 9.65. The molecule has 0 aliphatic rings. The van der Waals surface area contributed by atoms with Crippen LogP contribution in [0.2, 0.25) is 5.02 Å². The Kier molecular flexibility index (Phi) is 3.33. The Hall–Kier alpha value is -2.05. The molecule has 3 N–H and O–H groups in total. The molecular weight excluding hydrogens is 298 g/mol. The second-order valence-corrected chi connectivity index (χ2v) is 5.65. The fourth-order valence-corrected chi connectivity index (χ4v) is 3.03.